The third-order valence-electron chi connectivity index (χ3n) is 5.16. The highest BCUT2D eigenvalue weighted by Gasteiger charge is 2.18. The maximum atomic E-state index is 12.6. The van der Waals surface area contributed by atoms with Gasteiger partial charge in [0, 0.05) is 5.56 Å². The molecule has 0 aromatic heterocycles. The smallest absolute Gasteiger partial charge is 0.242 e. The summed E-state index contributed by atoms with van der Waals surface area (Å²) in [4.78, 5) is 12.6. The number of nitrogens with one attached hydrogen (secondary N) is 2. The minimum atomic E-state index is -0.0643. The maximum Gasteiger partial charge on any atom is 0.242 e. The Kier molecular flexibility index (Phi) is 5.02. The zero-order valence-corrected chi connectivity index (χ0v) is 16.2. The number of hydrogen-bond acceptors (Lipinski definition) is 3. The van der Waals surface area contributed by atoms with Crippen LogP contribution in [0.15, 0.2) is 66.7 Å². The van der Waals surface area contributed by atoms with Gasteiger partial charge in [-0.1, -0.05) is 55.5 Å². The van der Waals surface area contributed by atoms with Crippen LogP contribution in [0.3, 0.4) is 0 Å². The number of rotatable bonds is 5. The topological polar surface area (TPSA) is 50.4 Å². The summed E-state index contributed by atoms with van der Waals surface area (Å²) in [5.41, 5.74) is 10.3. The van der Waals surface area contributed by atoms with Gasteiger partial charge in [0.2, 0.25) is 5.91 Å². The average Bonchev–Trinajstić information content (AvgIpc) is 2.71. The lowest BCUT2D eigenvalue weighted by molar-refractivity contribution is -0.121. The third kappa shape index (κ3) is 3.72. The molecular formula is C24H24N2O2. The molecule has 0 radical (unpaired) electrons. The SMILES string of the molecule is COc1ccc2c(c1)CC(C)C=C2NNC(=O)Cc1cccc2ccccc12. The summed E-state index contributed by atoms with van der Waals surface area (Å²) in [6.07, 6.45) is 3.45. The Morgan fingerprint density at radius 3 is 2.79 bits per heavy atom. The highest BCUT2D eigenvalue weighted by Crippen LogP contribution is 2.30. The molecule has 142 valence electrons. The van der Waals surface area contributed by atoms with Crippen LogP contribution in [0.1, 0.15) is 23.6 Å². The first kappa shape index (κ1) is 18.1. The molecule has 3 aromatic rings. The molecule has 1 aliphatic rings. The van der Waals surface area contributed by atoms with E-state index in [0.29, 0.717) is 12.3 Å². The Bertz CT molecular complexity index is 1050. The normalized spacial score (nSPS) is 15.5. The first-order chi connectivity index (χ1) is 13.6. The summed E-state index contributed by atoms with van der Waals surface area (Å²) >= 11 is 0. The molecule has 0 spiro atoms. The Morgan fingerprint density at radius 2 is 1.93 bits per heavy atom. The molecule has 2 N–H and O–H groups in total. The Hall–Kier alpha value is -3.27. The second-order valence-electron chi connectivity index (χ2n) is 7.27. The largest absolute Gasteiger partial charge is 0.497 e. The highest BCUT2D eigenvalue weighted by atomic mass is 16.5. The fraction of sp³-hybridized carbons (Fsp3) is 0.208. The quantitative estimate of drug-likeness (QED) is 0.659. The average molecular weight is 372 g/mol. The van der Waals surface area contributed by atoms with E-state index in [-0.39, 0.29) is 5.91 Å². The molecule has 0 aliphatic heterocycles. The number of hydrazine groups is 1. The molecular weight excluding hydrogens is 348 g/mol. The van der Waals surface area contributed by atoms with Crippen molar-refractivity contribution in [1.82, 2.24) is 10.9 Å². The fourth-order valence-corrected chi connectivity index (χ4v) is 3.82. The summed E-state index contributed by atoms with van der Waals surface area (Å²) in [5, 5.41) is 2.26. The van der Waals surface area contributed by atoms with Crippen molar-refractivity contribution < 1.29 is 9.53 Å². The Balaban J connectivity index is 1.48. The van der Waals surface area contributed by atoms with Gasteiger partial charge in [-0.15, -0.1) is 0 Å². The highest BCUT2D eigenvalue weighted by molar-refractivity contribution is 5.90. The van der Waals surface area contributed by atoms with Crippen molar-refractivity contribution in [2.75, 3.05) is 7.11 Å². The van der Waals surface area contributed by atoms with Crippen LogP contribution in [0.4, 0.5) is 0 Å². The van der Waals surface area contributed by atoms with E-state index in [1.165, 1.54) is 5.56 Å². The van der Waals surface area contributed by atoms with E-state index >= 15 is 0 Å². The molecule has 1 amide bonds. The lowest BCUT2D eigenvalue weighted by Crippen LogP contribution is -2.38. The standard InChI is InChI=1S/C24H24N2O2/c1-16-12-19-14-20(28-2)10-11-22(19)23(13-16)25-26-24(27)15-18-8-5-7-17-6-3-4-9-21(17)18/h3-11,13-14,16,25H,12,15H2,1-2H3,(H,26,27). The number of hydrogen-bond donors (Lipinski definition) is 2. The monoisotopic (exact) mass is 372 g/mol. The van der Waals surface area contributed by atoms with Crippen LogP contribution in [0.5, 0.6) is 5.75 Å². The van der Waals surface area contributed by atoms with E-state index in [0.717, 1.165) is 39.8 Å². The molecule has 4 heteroatoms. The van der Waals surface area contributed by atoms with Crippen LogP contribution >= 0.6 is 0 Å². The van der Waals surface area contributed by atoms with Crippen LogP contribution in [-0.4, -0.2) is 13.0 Å². The van der Waals surface area contributed by atoms with Gasteiger partial charge in [-0.05, 0) is 52.4 Å². The number of fused-ring (bicyclic) bond motifs is 2. The van der Waals surface area contributed by atoms with Crippen LogP contribution < -0.4 is 15.6 Å². The molecule has 1 unspecified atom stereocenters. The second kappa shape index (κ2) is 7.77. The Labute approximate surface area is 165 Å². The summed E-state index contributed by atoms with van der Waals surface area (Å²) in [6, 6.07) is 20.2. The Morgan fingerprint density at radius 1 is 1.11 bits per heavy atom. The maximum absolute atomic E-state index is 12.6. The van der Waals surface area contributed by atoms with Crippen LogP contribution in [0, 0.1) is 5.92 Å². The summed E-state index contributed by atoms with van der Waals surface area (Å²) in [6.45, 7) is 2.17. The predicted octanol–water partition coefficient (Wildman–Crippen LogP) is 4.25. The van der Waals surface area contributed by atoms with E-state index in [2.05, 4.69) is 48.1 Å². The van der Waals surface area contributed by atoms with Crippen LogP contribution in [0.2, 0.25) is 0 Å². The number of benzene rings is 3. The first-order valence-electron chi connectivity index (χ1n) is 9.54. The number of carbonyl (C=O) groups excluding carboxylic acids is 1. The summed E-state index contributed by atoms with van der Waals surface area (Å²) in [5.74, 6) is 1.18. The lowest BCUT2D eigenvalue weighted by atomic mass is 9.88. The van der Waals surface area contributed by atoms with Crippen molar-refractivity contribution >= 4 is 22.4 Å². The van der Waals surface area contributed by atoms with Gasteiger partial charge < -0.3 is 4.74 Å². The zero-order chi connectivity index (χ0) is 19.5. The number of ether oxygens (including phenoxy) is 1. The molecule has 0 bridgehead atoms. The number of allylic oxidation sites excluding steroid dienone is 1. The molecule has 28 heavy (non-hydrogen) atoms. The van der Waals surface area contributed by atoms with Crippen molar-refractivity contribution in [3.63, 3.8) is 0 Å². The van der Waals surface area contributed by atoms with E-state index in [1.54, 1.807) is 7.11 Å². The van der Waals surface area contributed by atoms with Gasteiger partial charge in [0.05, 0.1) is 19.2 Å². The zero-order valence-electron chi connectivity index (χ0n) is 16.2. The van der Waals surface area contributed by atoms with E-state index in [4.69, 9.17) is 4.74 Å². The van der Waals surface area contributed by atoms with Crippen LogP contribution in [0.25, 0.3) is 16.5 Å². The van der Waals surface area contributed by atoms with Gasteiger partial charge >= 0.3 is 0 Å². The van der Waals surface area contributed by atoms with Gasteiger partial charge in [-0.2, -0.15) is 0 Å². The van der Waals surface area contributed by atoms with E-state index in [1.807, 2.05) is 36.4 Å². The third-order valence-corrected chi connectivity index (χ3v) is 5.16. The molecule has 0 saturated carbocycles. The fourth-order valence-electron chi connectivity index (χ4n) is 3.82. The first-order valence-corrected chi connectivity index (χ1v) is 9.54. The van der Waals surface area contributed by atoms with Crippen molar-refractivity contribution in [3.8, 4) is 5.75 Å². The van der Waals surface area contributed by atoms with Gasteiger partial charge in [0.15, 0.2) is 0 Å². The van der Waals surface area contributed by atoms with Gasteiger partial charge in [0.25, 0.3) is 0 Å². The van der Waals surface area contributed by atoms with E-state index < -0.39 is 0 Å². The van der Waals surface area contributed by atoms with Gasteiger partial charge in [-0.25, -0.2) is 0 Å². The van der Waals surface area contributed by atoms with Crippen molar-refractivity contribution in [1.29, 1.82) is 0 Å². The molecule has 4 nitrogen and oxygen atoms in total. The lowest BCUT2D eigenvalue weighted by Gasteiger charge is -2.23. The molecule has 1 atom stereocenters. The van der Waals surface area contributed by atoms with Gasteiger partial charge in [-0.3, -0.25) is 15.6 Å². The molecule has 0 heterocycles. The van der Waals surface area contributed by atoms with Gasteiger partial charge in [0.1, 0.15) is 5.75 Å². The van der Waals surface area contributed by atoms with Crippen molar-refractivity contribution in [2.45, 2.75) is 19.8 Å². The van der Waals surface area contributed by atoms with Crippen LogP contribution in [-0.2, 0) is 17.6 Å². The second-order valence-corrected chi connectivity index (χ2v) is 7.27. The summed E-state index contributed by atoms with van der Waals surface area (Å²) in [7, 11) is 1.68. The van der Waals surface area contributed by atoms with Crippen molar-refractivity contribution in [3.05, 3.63) is 83.4 Å². The molecule has 4 rings (SSSR count). The minimum absolute atomic E-state index is 0.0643. The predicted molar refractivity (Wildman–Crippen MR) is 113 cm³/mol. The number of methoxy groups -OCH3 is 1. The number of carbonyl (C=O) groups is 1. The molecule has 0 saturated heterocycles. The molecule has 0 fully saturated rings. The molecule has 1 aliphatic carbocycles. The molecule has 3 aromatic carbocycles. The minimum Gasteiger partial charge on any atom is -0.497 e. The van der Waals surface area contributed by atoms with E-state index in [9.17, 15) is 4.79 Å². The number of amides is 1. The van der Waals surface area contributed by atoms with Crippen molar-refractivity contribution in [2.24, 2.45) is 5.92 Å². The summed E-state index contributed by atoms with van der Waals surface area (Å²) < 4.78 is 5.34.